The maximum atomic E-state index is 12.2. The molecule has 0 spiro atoms. The first kappa shape index (κ1) is 18.8. The monoisotopic (exact) mass is 389 g/mol. The summed E-state index contributed by atoms with van der Waals surface area (Å²) in [4.78, 5) is 31.3. The van der Waals surface area contributed by atoms with Gasteiger partial charge in [0.2, 0.25) is 0 Å². The van der Waals surface area contributed by atoms with E-state index in [0.717, 1.165) is 23.7 Å². The van der Waals surface area contributed by atoms with E-state index in [-0.39, 0.29) is 28.6 Å². The molecule has 142 valence electrons. The summed E-state index contributed by atoms with van der Waals surface area (Å²) < 4.78 is 6.28. The number of imidazole rings is 1. The molecule has 9 nitrogen and oxygen atoms in total. The molecule has 1 aromatic carbocycles. The number of para-hydroxylation sites is 2. The summed E-state index contributed by atoms with van der Waals surface area (Å²) in [5, 5.41) is 17.3. The van der Waals surface area contributed by atoms with E-state index in [9.17, 15) is 14.7 Å². The Balaban J connectivity index is 1.92. The number of ether oxygens (including phenoxy) is 1. The Labute approximate surface area is 158 Å². The summed E-state index contributed by atoms with van der Waals surface area (Å²) in [6, 6.07) is 7.28. The lowest BCUT2D eigenvalue weighted by Crippen LogP contribution is -2.17. The highest BCUT2D eigenvalue weighted by Gasteiger charge is 2.22. The molecular formula is C17H19N5O4S. The van der Waals surface area contributed by atoms with Gasteiger partial charge in [0.1, 0.15) is 17.2 Å². The van der Waals surface area contributed by atoms with Crippen LogP contribution in [0.2, 0.25) is 0 Å². The normalized spacial score (nSPS) is 12.2. The first-order valence-corrected chi connectivity index (χ1v) is 9.27. The van der Waals surface area contributed by atoms with Crippen molar-refractivity contribution in [1.29, 1.82) is 0 Å². The standard InChI is InChI=1S/C17H19N5O4S/c1-3-8-22-16(25)20-21-17(22)27-9-12(23)13(15(24)26-2)14-18-10-6-4-5-7-11(10)19-14/h4-7,23H,3,8-9H2,1-2H3,(H,18,19)(H,20,25)/b13-12+. The molecule has 3 rings (SSSR count). The molecule has 0 amide bonds. The Morgan fingerprint density at radius 3 is 2.85 bits per heavy atom. The average molecular weight is 389 g/mol. The van der Waals surface area contributed by atoms with Crippen molar-refractivity contribution in [2.75, 3.05) is 12.9 Å². The zero-order chi connectivity index (χ0) is 19.4. The molecular weight excluding hydrogens is 370 g/mol. The molecule has 0 aliphatic rings. The lowest BCUT2D eigenvalue weighted by Gasteiger charge is -2.07. The number of methoxy groups -OCH3 is 1. The Morgan fingerprint density at radius 1 is 1.37 bits per heavy atom. The van der Waals surface area contributed by atoms with Gasteiger partial charge in [0.15, 0.2) is 5.16 Å². The Kier molecular flexibility index (Phi) is 5.65. The Hall–Kier alpha value is -3.01. The van der Waals surface area contributed by atoms with Gasteiger partial charge < -0.3 is 14.8 Å². The number of aliphatic hydroxyl groups is 1. The van der Waals surface area contributed by atoms with Crippen LogP contribution >= 0.6 is 11.8 Å². The fraction of sp³-hybridized carbons (Fsp3) is 0.294. The van der Waals surface area contributed by atoms with Crippen molar-refractivity contribution in [3.8, 4) is 0 Å². The number of nitrogens with zero attached hydrogens (tertiary/aromatic N) is 3. The molecule has 3 N–H and O–H groups in total. The molecule has 0 radical (unpaired) electrons. The number of aromatic amines is 2. The molecule has 27 heavy (non-hydrogen) atoms. The lowest BCUT2D eigenvalue weighted by molar-refractivity contribution is -0.133. The van der Waals surface area contributed by atoms with Gasteiger partial charge in [-0.1, -0.05) is 30.8 Å². The zero-order valence-corrected chi connectivity index (χ0v) is 15.7. The Bertz CT molecular complexity index is 1020. The van der Waals surface area contributed by atoms with E-state index in [0.29, 0.717) is 17.2 Å². The van der Waals surface area contributed by atoms with Crippen molar-refractivity contribution in [3.05, 3.63) is 46.3 Å². The number of hydrogen-bond donors (Lipinski definition) is 3. The summed E-state index contributed by atoms with van der Waals surface area (Å²) in [6.07, 6.45) is 0.765. The minimum atomic E-state index is -0.708. The number of nitrogens with one attached hydrogen (secondary N) is 2. The topological polar surface area (TPSA) is 126 Å². The predicted octanol–water partition coefficient (Wildman–Crippen LogP) is 2.09. The third-order valence-electron chi connectivity index (χ3n) is 3.81. The SMILES string of the molecule is CCCn1c(SC/C(O)=C(\C(=O)OC)c2nc3ccccc3[nH]2)n[nH]c1=O. The van der Waals surface area contributed by atoms with Crippen molar-refractivity contribution in [1.82, 2.24) is 24.7 Å². The highest BCUT2D eigenvalue weighted by molar-refractivity contribution is 7.99. The number of carbonyl (C=O) groups excluding carboxylic acids is 1. The smallest absolute Gasteiger partial charge is 0.345 e. The van der Waals surface area contributed by atoms with Crippen LogP contribution in [0.5, 0.6) is 0 Å². The maximum Gasteiger partial charge on any atom is 0.345 e. The van der Waals surface area contributed by atoms with Crippen LogP contribution in [0.15, 0.2) is 40.0 Å². The van der Waals surface area contributed by atoms with Crippen molar-refractivity contribution in [3.63, 3.8) is 0 Å². The zero-order valence-electron chi connectivity index (χ0n) is 14.9. The quantitative estimate of drug-likeness (QED) is 0.244. The van der Waals surface area contributed by atoms with Crippen LogP contribution < -0.4 is 5.69 Å². The minimum Gasteiger partial charge on any atom is -0.510 e. The number of hydrogen-bond acceptors (Lipinski definition) is 7. The lowest BCUT2D eigenvalue weighted by atomic mass is 10.2. The molecule has 0 atom stereocenters. The summed E-state index contributed by atoms with van der Waals surface area (Å²) in [5.74, 6) is -0.686. The van der Waals surface area contributed by atoms with Crippen LogP contribution in [-0.4, -0.2) is 48.7 Å². The van der Waals surface area contributed by atoms with Gasteiger partial charge in [0.25, 0.3) is 0 Å². The highest BCUT2D eigenvalue weighted by atomic mass is 32.2. The molecule has 0 aliphatic heterocycles. The second-order valence-corrected chi connectivity index (χ2v) is 6.61. The first-order valence-electron chi connectivity index (χ1n) is 8.28. The van der Waals surface area contributed by atoms with Gasteiger partial charge in [0.05, 0.1) is 23.9 Å². The fourth-order valence-corrected chi connectivity index (χ4v) is 3.41. The number of thioether (sulfide) groups is 1. The first-order chi connectivity index (χ1) is 13.0. The van der Waals surface area contributed by atoms with Crippen LogP contribution in [0.25, 0.3) is 16.6 Å². The largest absolute Gasteiger partial charge is 0.510 e. The average Bonchev–Trinajstić information content (AvgIpc) is 3.24. The molecule has 0 fully saturated rings. The number of aromatic nitrogens is 5. The molecule has 3 aromatic rings. The van der Waals surface area contributed by atoms with E-state index in [1.807, 2.05) is 25.1 Å². The second kappa shape index (κ2) is 8.12. The number of aliphatic hydroxyl groups excluding tert-OH is 1. The third-order valence-corrected chi connectivity index (χ3v) is 4.80. The number of carbonyl (C=O) groups is 1. The number of H-pyrrole nitrogens is 2. The Morgan fingerprint density at radius 2 is 2.15 bits per heavy atom. The second-order valence-electron chi connectivity index (χ2n) is 5.67. The molecule has 2 aromatic heterocycles. The highest BCUT2D eigenvalue weighted by Crippen LogP contribution is 2.24. The van der Waals surface area contributed by atoms with Crippen molar-refractivity contribution in [2.24, 2.45) is 0 Å². The van der Waals surface area contributed by atoms with Gasteiger partial charge in [-0.05, 0) is 18.6 Å². The predicted molar refractivity (Wildman–Crippen MR) is 102 cm³/mol. The maximum absolute atomic E-state index is 12.2. The van der Waals surface area contributed by atoms with Crippen LogP contribution in [0.4, 0.5) is 0 Å². The van der Waals surface area contributed by atoms with E-state index in [4.69, 9.17) is 4.74 Å². The van der Waals surface area contributed by atoms with Crippen LogP contribution in [-0.2, 0) is 16.1 Å². The molecule has 10 heteroatoms. The van der Waals surface area contributed by atoms with Crippen molar-refractivity contribution < 1.29 is 14.6 Å². The summed E-state index contributed by atoms with van der Waals surface area (Å²) >= 11 is 1.14. The molecule has 0 unspecified atom stereocenters. The van der Waals surface area contributed by atoms with Crippen LogP contribution in [0.3, 0.4) is 0 Å². The van der Waals surface area contributed by atoms with Gasteiger partial charge >= 0.3 is 11.7 Å². The van der Waals surface area contributed by atoms with Crippen molar-refractivity contribution >= 4 is 34.3 Å². The van der Waals surface area contributed by atoms with E-state index < -0.39 is 5.97 Å². The van der Waals surface area contributed by atoms with Gasteiger partial charge in [0, 0.05) is 6.54 Å². The number of fused-ring (bicyclic) bond motifs is 1. The fourth-order valence-electron chi connectivity index (χ4n) is 2.56. The summed E-state index contributed by atoms with van der Waals surface area (Å²) in [6.45, 7) is 2.46. The third kappa shape index (κ3) is 3.90. The summed E-state index contributed by atoms with van der Waals surface area (Å²) in [7, 11) is 1.23. The van der Waals surface area contributed by atoms with Gasteiger partial charge in [-0.2, -0.15) is 0 Å². The molecule has 0 bridgehead atoms. The summed E-state index contributed by atoms with van der Waals surface area (Å²) in [5.41, 5.74) is 1.03. The molecule has 2 heterocycles. The van der Waals surface area contributed by atoms with Crippen LogP contribution in [0.1, 0.15) is 19.2 Å². The van der Waals surface area contributed by atoms with E-state index in [2.05, 4.69) is 20.2 Å². The molecule has 0 saturated heterocycles. The van der Waals surface area contributed by atoms with Gasteiger partial charge in [-0.25, -0.2) is 19.7 Å². The van der Waals surface area contributed by atoms with Crippen molar-refractivity contribution in [2.45, 2.75) is 25.0 Å². The van der Waals surface area contributed by atoms with E-state index in [1.165, 1.54) is 11.7 Å². The van der Waals surface area contributed by atoms with Gasteiger partial charge in [-0.15, -0.1) is 5.10 Å². The molecule has 0 aliphatic carbocycles. The van der Waals surface area contributed by atoms with Crippen LogP contribution in [0, 0.1) is 0 Å². The van der Waals surface area contributed by atoms with E-state index in [1.54, 1.807) is 6.07 Å². The molecule has 0 saturated carbocycles. The number of rotatable bonds is 7. The number of benzene rings is 1. The number of esters is 1. The van der Waals surface area contributed by atoms with Gasteiger partial charge in [-0.3, -0.25) is 4.57 Å². The van der Waals surface area contributed by atoms with E-state index >= 15 is 0 Å². The minimum absolute atomic E-state index is 0.0233.